The van der Waals surface area contributed by atoms with Gasteiger partial charge in [-0.05, 0) is 6.92 Å². The first-order valence-electron chi connectivity index (χ1n) is 5.32. The van der Waals surface area contributed by atoms with Crippen molar-refractivity contribution in [3.8, 4) is 0 Å². The van der Waals surface area contributed by atoms with Crippen LogP contribution in [0.2, 0.25) is 0 Å². The molecule has 0 fully saturated rings. The Morgan fingerprint density at radius 2 is 2.12 bits per heavy atom. The van der Waals surface area contributed by atoms with Gasteiger partial charge in [0.2, 0.25) is 0 Å². The van der Waals surface area contributed by atoms with Crippen LogP contribution in [0.1, 0.15) is 21.6 Å². The van der Waals surface area contributed by atoms with Crippen molar-refractivity contribution in [3.05, 3.63) is 35.4 Å². The van der Waals surface area contributed by atoms with E-state index in [4.69, 9.17) is 0 Å². The molecular formula is C11H15N5O. The number of carbonyl (C=O) groups excluding carboxylic acids is 1. The quantitative estimate of drug-likeness (QED) is 0.834. The summed E-state index contributed by atoms with van der Waals surface area (Å²) in [6.07, 6.45) is 5.13. The summed E-state index contributed by atoms with van der Waals surface area (Å²) in [6, 6.07) is 0. The number of rotatable bonds is 3. The fraction of sp³-hybridized carbons (Fsp3) is 0.364. The zero-order valence-corrected chi connectivity index (χ0v) is 10.1. The smallest absolute Gasteiger partial charge is 0.254 e. The van der Waals surface area contributed by atoms with E-state index in [2.05, 4.69) is 15.5 Å². The highest BCUT2D eigenvalue weighted by Gasteiger charge is 2.09. The Kier molecular flexibility index (Phi) is 2.95. The summed E-state index contributed by atoms with van der Waals surface area (Å²) in [4.78, 5) is 11.8. The van der Waals surface area contributed by atoms with E-state index < -0.39 is 0 Å². The first-order valence-corrected chi connectivity index (χ1v) is 5.32. The predicted octanol–water partition coefficient (Wildman–Crippen LogP) is 0.392. The summed E-state index contributed by atoms with van der Waals surface area (Å²) in [6.45, 7) is 2.40. The van der Waals surface area contributed by atoms with Crippen LogP contribution in [0.3, 0.4) is 0 Å². The van der Waals surface area contributed by atoms with Crippen molar-refractivity contribution in [2.75, 3.05) is 0 Å². The van der Waals surface area contributed by atoms with Gasteiger partial charge in [0.05, 0.1) is 17.5 Å². The van der Waals surface area contributed by atoms with Gasteiger partial charge in [0.15, 0.2) is 0 Å². The van der Waals surface area contributed by atoms with Crippen LogP contribution in [0.25, 0.3) is 0 Å². The second-order valence-electron chi connectivity index (χ2n) is 4.00. The molecule has 2 aromatic heterocycles. The second-order valence-corrected chi connectivity index (χ2v) is 4.00. The number of carbonyl (C=O) groups is 1. The minimum Gasteiger partial charge on any atom is -0.348 e. The maximum Gasteiger partial charge on any atom is 0.254 e. The monoisotopic (exact) mass is 233 g/mol. The molecule has 2 heterocycles. The molecule has 0 saturated carbocycles. The van der Waals surface area contributed by atoms with Gasteiger partial charge >= 0.3 is 0 Å². The van der Waals surface area contributed by atoms with Gasteiger partial charge in [-0.1, -0.05) is 0 Å². The first-order chi connectivity index (χ1) is 8.06. The van der Waals surface area contributed by atoms with Gasteiger partial charge in [-0.25, -0.2) is 0 Å². The highest BCUT2D eigenvalue weighted by atomic mass is 16.1. The van der Waals surface area contributed by atoms with Crippen LogP contribution in [0.4, 0.5) is 0 Å². The highest BCUT2D eigenvalue weighted by Crippen LogP contribution is 2.04. The van der Waals surface area contributed by atoms with Gasteiger partial charge in [-0.15, -0.1) is 0 Å². The molecular weight excluding hydrogens is 218 g/mol. The molecule has 0 aliphatic heterocycles. The molecule has 6 nitrogen and oxygen atoms in total. The predicted molar refractivity (Wildman–Crippen MR) is 62.3 cm³/mol. The molecule has 17 heavy (non-hydrogen) atoms. The Hall–Kier alpha value is -2.11. The lowest BCUT2D eigenvalue weighted by Gasteiger charge is -2.01. The molecule has 1 amide bonds. The van der Waals surface area contributed by atoms with Gasteiger partial charge in [0.1, 0.15) is 0 Å². The molecule has 0 atom stereocenters. The van der Waals surface area contributed by atoms with Crippen LogP contribution in [-0.4, -0.2) is 25.5 Å². The van der Waals surface area contributed by atoms with Gasteiger partial charge in [-0.3, -0.25) is 14.2 Å². The Morgan fingerprint density at radius 3 is 2.65 bits per heavy atom. The van der Waals surface area contributed by atoms with Crippen LogP contribution in [-0.2, 0) is 20.6 Å². The van der Waals surface area contributed by atoms with Crippen molar-refractivity contribution < 1.29 is 4.79 Å². The molecule has 0 bridgehead atoms. The summed E-state index contributed by atoms with van der Waals surface area (Å²) in [7, 11) is 3.64. The number of amides is 1. The van der Waals surface area contributed by atoms with E-state index in [-0.39, 0.29) is 5.91 Å². The topological polar surface area (TPSA) is 64.7 Å². The highest BCUT2D eigenvalue weighted by molar-refractivity contribution is 5.93. The van der Waals surface area contributed by atoms with E-state index in [0.717, 1.165) is 11.3 Å². The van der Waals surface area contributed by atoms with E-state index in [9.17, 15) is 4.79 Å². The van der Waals surface area contributed by atoms with Crippen LogP contribution < -0.4 is 5.32 Å². The van der Waals surface area contributed by atoms with Crippen LogP contribution in [0.5, 0.6) is 0 Å². The minimum atomic E-state index is -0.124. The van der Waals surface area contributed by atoms with E-state index in [0.29, 0.717) is 12.1 Å². The van der Waals surface area contributed by atoms with Crippen LogP contribution >= 0.6 is 0 Å². The van der Waals surface area contributed by atoms with Crippen molar-refractivity contribution in [1.29, 1.82) is 0 Å². The van der Waals surface area contributed by atoms with Crippen molar-refractivity contribution in [1.82, 2.24) is 24.9 Å². The Bertz CT molecular complexity index is 540. The third-order valence-electron chi connectivity index (χ3n) is 2.52. The number of aromatic nitrogens is 4. The Balaban J connectivity index is 1.99. The maximum atomic E-state index is 11.8. The zero-order valence-electron chi connectivity index (χ0n) is 10.1. The lowest BCUT2D eigenvalue weighted by molar-refractivity contribution is 0.0951. The largest absolute Gasteiger partial charge is 0.348 e. The molecule has 0 aromatic carbocycles. The van der Waals surface area contributed by atoms with Gasteiger partial charge in [0, 0.05) is 38.6 Å². The molecule has 0 unspecified atom stereocenters. The Labute approximate surface area is 99.2 Å². The molecule has 0 spiro atoms. The summed E-state index contributed by atoms with van der Waals surface area (Å²) >= 11 is 0. The summed E-state index contributed by atoms with van der Waals surface area (Å²) in [5, 5.41) is 11.0. The molecule has 0 radical (unpaired) electrons. The average Bonchev–Trinajstić information content (AvgIpc) is 2.82. The van der Waals surface area contributed by atoms with Crippen LogP contribution in [0, 0.1) is 6.92 Å². The standard InChI is InChI=1S/C11H15N5O/c1-8-9(6-16(3)14-8)4-12-11(17)10-5-13-15(2)7-10/h5-7H,4H2,1-3H3,(H,12,17). The van der Waals surface area contributed by atoms with E-state index >= 15 is 0 Å². The van der Waals surface area contributed by atoms with Gasteiger partial charge < -0.3 is 5.32 Å². The third-order valence-corrected chi connectivity index (χ3v) is 2.52. The maximum absolute atomic E-state index is 11.8. The Morgan fingerprint density at radius 1 is 1.35 bits per heavy atom. The molecule has 0 aliphatic rings. The summed E-state index contributed by atoms with van der Waals surface area (Å²) in [5.41, 5.74) is 2.51. The molecule has 1 N–H and O–H groups in total. The molecule has 0 saturated heterocycles. The SMILES string of the molecule is Cc1nn(C)cc1CNC(=O)c1cnn(C)c1. The normalized spacial score (nSPS) is 10.5. The lowest BCUT2D eigenvalue weighted by atomic mass is 10.2. The van der Waals surface area contributed by atoms with Crippen molar-refractivity contribution in [2.45, 2.75) is 13.5 Å². The van der Waals surface area contributed by atoms with E-state index in [1.165, 1.54) is 0 Å². The van der Waals surface area contributed by atoms with Crippen molar-refractivity contribution in [2.24, 2.45) is 14.1 Å². The fourth-order valence-electron chi connectivity index (χ4n) is 1.64. The lowest BCUT2D eigenvalue weighted by Crippen LogP contribution is -2.22. The molecule has 6 heteroatoms. The van der Waals surface area contributed by atoms with Crippen molar-refractivity contribution in [3.63, 3.8) is 0 Å². The van der Waals surface area contributed by atoms with E-state index in [1.807, 2.05) is 20.2 Å². The fourth-order valence-corrected chi connectivity index (χ4v) is 1.64. The van der Waals surface area contributed by atoms with Gasteiger partial charge in [0.25, 0.3) is 5.91 Å². The van der Waals surface area contributed by atoms with Crippen molar-refractivity contribution >= 4 is 5.91 Å². The minimum absolute atomic E-state index is 0.124. The first kappa shape index (κ1) is 11.4. The molecule has 90 valence electrons. The summed E-state index contributed by atoms with van der Waals surface area (Å²) < 4.78 is 3.34. The number of aryl methyl sites for hydroxylation is 3. The number of nitrogens with zero attached hydrogens (tertiary/aromatic N) is 4. The average molecular weight is 233 g/mol. The summed E-state index contributed by atoms with van der Waals surface area (Å²) in [5.74, 6) is -0.124. The zero-order chi connectivity index (χ0) is 12.4. The third kappa shape index (κ3) is 2.52. The molecule has 0 aliphatic carbocycles. The second kappa shape index (κ2) is 4.40. The number of nitrogens with one attached hydrogen (secondary N) is 1. The van der Waals surface area contributed by atoms with Gasteiger partial charge in [-0.2, -0.15) is 10.2 Å². The molecule has 2 rings (SSSR count). The van der Waals surface area contributed by atoms with E-state index in [1.54, 1.807) is 28.8 Å². The number of hydrogen-bond acceptors (Lipinski definition) is 3. The molecule has 2 aromatic rings. The van der Waals surface area contributed by atoms with Crippen LogP contribution in [0.15, 0.2) is 18.6 Å². The number of hydrogen-bond donors (Lipinski definition) is 1.